The number of nitro groups is 1. The zero-order valence-electron chi connectivity index (χ0n) is 10.3. The first-order chi connectivity index (χ1) is 9.65. The van der Waals surface area contributed by atoms with Crippen molar-refractivity contribution >= 4 is 17.7 Å². The highest BCUT2D eigenvalue weighted by Crippen LogP contribution is 2.38. The Hall–Kier alpha value is -2.33. The fourth-order valence-electron chi connectivity index (χ4n) is 2.18. The van der Waals surface area contributed by atoms with E-state index in [-0.39, 0.29) is 5.70 Å². The van der Waals surface area contributed by atoms with Gasteiger partial charge in [0.15, 0.2) is 0 Å². The molecule has 0 fully saturated rings. The molecular weight excluding hydrogens is 278 g/mol. The monoisotopic (exact) mass is 287 g/mol. The number of rotatable bonds is 2. The third-order valence-corrected chi connectivity index (χ3v) is 3.34. The second-order valence-corrected chi connectivity index (χ2v) is 4.85. The van der Waals surface area contributed by atoms with Crippen molar-refractivity contribution in [3.05, 3.63) is 80.5 Å². The summed E-state index contributed by atoms with van der Waals surface area (Å²) in [6.07, 6.45) is 0.808. The fraction of sp³-hybridized carbons (Fsp3) is 0.0667. The van der Waals surface area contributed by atoms with E-state index in [1.54, 1.807) is 18.2 Å². The summed E-state index contributed by atoms with van der Waals surface area (Å²) in [4.78, 5) is 10.8. The van der Waals surface area contributed by atoms with Gasteiger partial charge in [-0.25, -0.2) is 0 Å². The molecule has 20 heavy (non-hydrogen) atoms. The van der Waals surface area contributed by atoms with E-state index >= 15 is 0 Å². The van der Waals surface area contributed by atoms with Gasteiger partial charge in [-0.3, -0.25) is 10.1 Å². The molecule has 0 spiro atoms. The van der Waals surface area contributed by atoms with Crippen molar-refractivity contribution in [3.63, 3.8) is 0 Å². The largest absolute Gasteiger partial charge is 0.474 e. The molecule has 0 unspecified atom stereocenters. The van der Waals surface area contributed by atoms with E-state index in [1.807, 2.05) is 30.3 Å². The Kier molecular flexibility index (Phi) is 3.16. The van der Waals surface area contributed by atoms with Gasteiger partial charge in [-0.05, 0) is 18.2 Å². The maximum Gasteiger partial charge on any atom is 0.291 e. The van der Waals surface area contributed by atoms with Crippen molar-refractivity contribution in [2.75, 3.05) is 0 Å². The molecule has 2 aromatic carbocycles. The van der Waals surface area contributed by atoms with Crippen LogP contribution in [0.3, 0.4) is 0 Å². The predicted octanol–water partition coefficient (Wildman–Crippen LogP) is 4.09. The molecule has 0 aliphatic carbocycles. The van der Waals surface area contributed by atoms with Gasteiger partial charge in [0.2, 0.25) is 6.10 Å². The SMILES string of the molecule is O=[N+]([O-])C1=Cc2cc(Cl)ccc2O[C@@H]1c1ccccc1. The molecular formula is C15H10ClNO3. The highest BCUT2D eigenvalue weighted by atomic mass is 35.5. The van der Waals surface area contributed by atoms with Crippen LogP contribution in [0.1, 0.15) is 17.2 Å². The number of hydrogen-bond donors (Lipinski definition) is 0. The van der Waals surface area contributed by atoms with Crippen LogP contribution in [0.15, 0.2) is 54.2 Å². The number of benzene rings is 2. The average Bonchev–Trinajstić information content (AvgIpc) is 2.46. The first-order valence-electron chi connectivity index (χ1n) is 6.02. The predicted molar refractivity (Wildman–Crippen MR) is 76.2 cm³/mol. The lowest BCUT2D eigenvalue weighted by Crippen LogP contribution is -2.19. The minimum atomic E-state index is -0.708. The van der Waals surface area contributed by atoms with E-state index in [2.05, 4.69) is 0 Å². The Morgan fingerprint density at radius 3 is 2.60 bits per heavy atom. The van der Waals surface area contributed by atoms with Gasteiger partial charge in [0.1, 0.15) is 5.75 Å². The molecule has 3 rings (SSSR count). The third-order valence-electron chi connectivity index (χ3n) is 3.10. The van der Waals surface area contributed by atoms with Gasteiger partial charge in [-0.1, -0.05) is 41.9 Å². The minimum absolute atomic E-state index is 0.00552. The summed E-state index contributed by atoms with van der Waals surface area (Å²) in [6, 6.07) is 14.2. The first kappa shape index (κ1) is 12.7. The molecule has 0 aromatic heterocycles. The summed E-state index contributed by atoms with van der Waals surface area (Å²) >= 11 is 5.90. The average molecular weight is 288 g/mol. The van der Waals surface area contributed by atoms with E-state index < -0.39 is 11.0 Å². The smallest absolute Gasteiger partial charge is 0.291 e. The highest BCUT2D eigenvalue weighted by Gasteiger charge is 2.32. The van der Waals surface area contributed by atoms with Crippen molar-refractivity contribution in [2.24, 2.45) is 0 Å². The van der Waals surface area contributed by atoms with Crippen LogP contribution in [0.2, 0.25) is 5.02 Å². The number of halogens is 1. The lowest BCUT2D eigenvalue weighted by atomic mass is 10.0. The molecule has 0 saturated heterocycles. The van der Waals surface area contributed by atoms with Crippen molar-refractivity contribution in [1.82, 2.24) is 0 Å². The van der Waals surface area contributed by atoms with Crippen LogP contribution in [0.4, 0.5) is 0 Å². The van der Waals surface area contributed by atoms with Crippen molar-refractivity contribution < 1.29 is 9.66 Å². The zero-order chi connectivity index (χ0) is 14.1. The Morgan fingerprint density at radius 1 is 1.15 bits per heavy atom. The van der Waals surface area contributed by atoms with Crippen molar-refractivity contribution in [3.8, 4) is 5.75 Å². The molecule has 1 atom stereocenters. The van der Waals surface area contributed by atoms with Gasteiger partial charge >= 0.3 is 0 Å². The van der Waals surface area contributed by atoms with Gasteiger partial charge in [0, 0.05) is 22.2 Å². The zero-order valence-corrected chi connectivity index (χ0v) is 11.1. The maximum absolute atomic E-state index is 11.3. The van der Waals surface area contributed by atoms with Gasteiger partial charge in [0.05, 0.1) is 4.92 Å². The van der Waals surface area contributed by atoms with Crippen LogP contribution >= 0.6 is 11.6 Å². The number of fused-ring (bicyclic) bond motifs is 1. The first-order valence-corrected chi connectivity index (χ1v) is 6.40. The molecule has 1 heterocycles. The minimum Gasteiger partial charge on any atom is -0.474 e. The lowest BCUT2D eigenvalue weighted by Gasteiger charge is -2.22. The third kappa shape index (κ3) is 2.26. The highest BCUT2D eigenvalue weighted by molar-refractivity contribution is 6.30. The second kappa shape index (κ2) is 4.98. The molecule has 1 aliphatic rings. The molecule has 0 amide bonds. The Labute approximate surface area is 120 Å². The number of ether oxygens (including phenoxy) is 1. The molecule has 1 aliphatic heterocycles. The molecule has 100 valence electrons. The maximum atomic E-state index is 11.3. The molecule has 0 radical (unpaired) electrons. The molecule has 0 N–H and O–H groups in total. The normalized spacial score (nSPS) is 16.9. The molecule has 5 heteroatoms. The summed E-state index contributed by atoms with van der Waals surface area (Å²) in [5.74, 6) is 0.592. The van der Waals surface area contributed by atoms with Gasteiger partial charge < -0.3 is 4.74 Å². The molecule has 4 nitrogen and oxygen atoms in total. The molecule has 2 aromatic rings. The summed E-state index contributed by atoms with van der Waals surface area (Å²) in [5, 5.41) is 11.8. The topological polar surface area (TPSA) is 52.4 Å². The second-order valence-electron chi connectivity index (χ2n) is 4.42. The number of nitrogens with zero attached hydrogens (tertiary/aromatic N) is 1. The summed E-state index contributed by atoms with van der Waals surface area (Å²) < 4.78 is 5.78. The Morgan fingerprint density at radius 2 is 1.90 bits per heavy atom. The van der Waals surface area contributed by atoms with Crippen LogP contribution in [0.5, 0.6) is 5.75 Å². The van der Waals surface area contributed by atoms with Crippen LogP contribution in [0.25, 0.3) is 6.08 Å². The van der Waals surface area contributed by atoms with E-state index in [0.29, 0.717) is 16.3 Å². The van der Waals surface area contributed by atoms with Crippen LogP contribution in [-0.2, 0) is 0 Å². The van der Waals surface area contributed by atoms with Gasteiger partial charge in [0.25, 0.3) is 5.70 Å². The fourth-order valence-corrected chi connectivity index (χ4v) is 2.36. The standard InChI is InChI=1S/C15H10ClNO3/c16-12-6-7-14-11(8-12)9-13(17(18)19)15(20-14)10-4-2-1-3-5-10/h1-9,15H/t15-/m1/s1. The Balaban J connectivity index is 2.10. The van der Waals surface area contributed by atoms with E-state index in [0.717, 1.165) is 5.56 Å². The number of hydrogen-bond acceptors (Lipinski definition) is 3. The summed E-state index contributed by atoms with van der Waals surface area (Å²) in [5.41, 5.74) is 1.37. The van der Waals surface area contributed by atoms with E-state index in [9.17, 15) is 10.1 Å². The van der Waals surface area contributed by atoms with E-state index in [4.69, 9.17) is 16.3 Å². The van der Waals surface area contributed by atoms with Crippen molar-refractivity contribution in [2.45, 2.75) is 6.10 Å². The van der Waals surface area contributed by atoms with Crippen LogP contribution in [-0.4, -0.2) is 4.92 Å². The van der Waals surface area contributed by atoms with Gasteiger partial charge in [-0.15, -0.1) is 0 Å². The quantitative estimate of drug-likeness (QED) is 0.617. The summed E-state index contributed by atoms with van der Waals surface area (Å²) in [6.45, 7) is 0. The molecule has 0 saturated carbocycles. The van der Waals surface area contributed by atoms with Crippen LogP contribution in [0, 0.1) is 10.1 Å². The molecule has 0 bridgehead atoms. The summed E-state index contributed by atoms with van der Waals surface area (Å²) in [7, 11) is 0. The lowest BCUT2D eigenvalue weighted by molar-refractivity contribution is -0.434. The Bertz CT molecular complexity index is 698. The van der Waals surface area contributed by atoms with Gasteiger partial charge in [-0.2, -0.15) is 0 Å². The van der Waals surface area contributed by atoms with Crippen molar-refractivity contribution in [1.29, 1.82) is 0 Å². The van der Waals surface area contributed by atoms with E-state index in [1.165, 1.54) is 6.08 Å². The van der Waals surface area contributed by atoms with Crippen LogP contribution < -0.4 is 4.74 Å².